The summed E-state index contributed by atoms with van der Waals surface area (Å²) in [6, 6.07) is 9.78. The van der Waals surface area contributed by atoms with Gasteiger partial charge in [-0.05, 0) is 61.1 Å². The van der Waals surface area contributed by atoms with E-state index in [1.54, 1.807) is 18.3 Å². The summed E-state index contributed by atoms with van der Waals surface area (Å²) in [7, 11) is 0. The van der Waals surface area contributed by atoms with Crippen molar-refractivity contribution in [3.05, 3.63) is 48.2 Å². The second-order valence-corrected chi connectivity index (χ2v) is 4.61. The van der Waals surface area contributed by atoms with E-state index in [2.05, 4.69) is 20.4 Å². The minimum Gasteiger partial charge on any atom is -0.435 e. The third kappa shape index (κ3) is 4.96. The van der Waals surface area contributed by atoms with Gasteiger partial charge in [-0.2, -0.15) is 8.78 Å². The van der Waals surface area contributed by atoms with Gasteiger partial charge in [0.2, 0.25) is 0 Å². The molecule has 7 heteroatoms. The number of anilines is 2. The highest BCUT2D eigenvalue weighted by atomic mass is 32.1. The molecule has 2 rings (SSSR count). The monoisotopic (exact) mass is 309 g/mol. The minimum atomic E-state index is -2.83. The van der Waals surface area contributed by atoms with Gasteiger partial charge in [-0.25, -0.2) is 4.98 Å². The fraction of sp³-hybridized carbons (Fsp3) is 0.143. The number of benzene rings is 1. The van der Waals surface area contributed by atoms with Gasteiger partial charge < -0.3 is 15.4 Å². The van der Waals surface area contributed by atoms with Crippen LogP contribution >= 0.6 is 12.2 Å². The number of thiocarbonyl (C=S) groups is 1. The number of rotatable bonds is 4. The van der Waals surface area contributed by atoms with Gasteiger partial charge in [-0.3, -0.25) is 0 Å². The number of nitrogens with zero attached hydrogens (tertiary/aromatic N) is 1. The van der Waals surface area contributed by atoms with Gasteiger partial charge in [0, 0.05) is 11.9 Å². The van der Waals surface area contributed by atoms with Crippen molar-refractivity contribution in [2.75, 3.05) is 10.6 Å². The number of hydrogen-bond acceptors (Lipinski definition) is 3. The highest BCUT2D eigenvalue weighted by Crippen LogP contribution is 2.18. The van der Waals surface area contributed by atoms with Crippen molar-refractivity contribution in [2.45, 2.75) is 13.5 Å². The Labute approximate surface area is 126 Å². The van der Waals surface area contributed by atoms with Gasteiger partial charge in [0.05, 0.1) is 0 Å². The van der Waals surface area contributed by atoms with E-state index in [0.29, 0.717) is 16.6 Å². The molecule has 21 heavy (non-hydrogen) atoms. The summed E-state index contributed by atoms with van der Waals surface area (Å²) in [4.78, 5) is 4.13. The number of halogens is 2. The normalized spacial score (nSPS) is 10.3. The molecule has 0 bridgehead atoms. The fourth-order valence-electron chi connectivity index (χ4n) is 1.60. The van der Waals surface area contributed by atoms with Crippen LogP contribution in [0, 0.1) is 6.92 Å². The molecule has 0 aliphatic carbocycles. The maximum absolute atomic E-state index is 12.0. The van der Waals surface area contributed by atoms with Crippen LogP contribution in [-0.4, -0.2) is 16.7 Å². The van der Waals surface area contributed by atoms with E-state index < -0.39 is 6.61 Å². The summed E-state index contributed by atoms with van der Waals surface area (Å²) in [5.74, 6) is 0.722. The minimum absolute atomic E-state index is 0.0924. The quantitative estimate of drug-likeness (QED) is 0.841. The lowest BCUT2D eigenvalue weighted by Gasteiger charge is -2.11. The van der Waals surface area contributed by atoms with Crippen molar-refractivity contribution in [3.63, 3.8) is 0 Å². The van der Waals surface area contributed by atoms with Crippen molar-refractivity contribution in [1.29, 1.82) is 0 Å². The molecule has 2 aromatic rings. The molecule has 0 spiro atoms. The van der Waals surface area contributed by atoms with Gasteiger partial charge in [0.1, 0.15) is 11.6 Å². The molecule has 110 valence electrons. The average Bonchev–Trinajstić information content (AvgIpc) is 2.40. The topological polar surface area (TPSA) is 46.2 Å². The van der Waals surface area contributed by atoms with Crippen LogP contribution in [0.4, 0.5) is 20.3 Å². The van der Waals surface area contributed by atoms with Crippen molar-refractivity contribution in [2.24, 2.45) is 0 Å². The molecule has 0 fully saturated rings. The van der Waals surface area contributed by atoms with E-state index in [4.69, 9.17) is 12.2 Å². The lowest BCUT2D eigenvalue weighted by atomic mass is 10.3. The maximum Gasteiger partial charge on any atom is 0.387 e. The molecule has 2 N–H and O–H groups in total. The van der Waals surface area contributed by atoms with Crippen LogP contribution in [0.25, 0.3) is 0 Å². The second-order valence-electron chi connectivity index (χ2n) is 4.20. The fourth-order valence-corrected chi connectivity index (χ4v) is 1.83. The molecule has 4 nitrogen and oxygen atoms in total. The number of pyridine rings is 1. The van der Waals surface area contributed by atoms with Crippen molar-refractivity contribution < 1.29 is 13.5 Å². The molecule has 0 atom stereocenters. The van der Waals surface area contributed by atoms with E-state index in [9.17, 15) is 8.78 Å². The first kappa shape index (κ1) is 15.1. The molecule has 1 heterocycles. The molecule has 0 unspecified atom stereocenters. The molecule has 0 aliphatic heterocycles. The Bertz CT molecular complexity index is 620. The van der Waals surface area contributed by atoms with Crippen molar-refractivity contribution in [1.82, 2.24) is 4.98 Å². The van der Waals surface area contributed by atoms with Crippen LogP contribution < -0.4 is 15.4 Å². The van der Waals surface area contributed by atoms with Gasteiger partial charge in [0.25, 0.3) is 0 Å². The first-order valence-electron chi connectivity index (χ1n) is 6.08. The molecule has 0 amide bonds. The number of hydrogen-bond donors (Lipinski definition) is 2. The van der Waals surface area contributed by atoms with E-state index in [1.165, 1.54) is 12.1 Å². The summed E-state index contributed by atoms with van der Waals surface area (Å²) in [6.45, 7) is -0.885. The van der Waals surface area contributed by atoms with Crippen molar-refractivity contribution >= 4 is 28.8 Å². The predicted octanol–water partition coefficient (Wildman–Crippen LogP) is 3.80. The first-order valence-corrected chi connectivity index (χ1v) is 6.49. The van der Waals surface area contributed by atoms with E-state index in [1.807, 2.05) is 19.1 Å². The van der Waals surface area contributed by atoms with Crippen LogP contribution in [0.3, 0.4) is 0 Å². The Hall–Kier alpha value is -2.28. The third-order valence-electron chi connectivity index (χ3n) is 2.49. The third-order valence-corrected chi connectivity index (χ3v) is 2.70. The summed E-state index contributed by atoms with van der Waals surface area (Å²) in [6.07, 6.45) is 1.68. The Kier molecular flexibility index (Phi) is 4.99. The molecular formula is C14H13F2N3OS. The SMILES string of the molecule is Cc1ccnc(NC(=S)Nc2ccc(OC(F)F)cc2)c1. The number of ether oxygens (including phenoxy) is 1. The maximum atomic E-state index is 12.0. The number of aromatic nitrogens is 1. The van der Waals surface area contributed by atoms with Gasteiger partial charge in [0.15, 0.2) is 5.11 Å². The largest absolute Gasteiger partial charge is 0.435 e. The smallest absolute Gasteiger partial charge is 0.387 e. The highest BCUT2D eigenvalue weighted by Gasteiger charge is 2.04. The van der Waals surface area contributed by atoms with E-state index >= 15 is 0 Å². The van der Waals surface area contributed by atoms with Crippen LogP contribution in [0.2, 0.25) is 0 Å². The Morgan fingerprint density at radius 3 is 2.52 bits per heavy atom. The van der Waals surface area contributed by atoms with E-state index in [0.717, 1.165) is 5.56 Å². The van der Waals surface area contributed by atoms with Crippen LogP contribution in [0.1, 0.15) is 5.56 Å². The van der Waals surface area contributed by atoms with Gasteiger partial charge in [-0.1, -0.05) is 0 Å². The Morgan fingerprint density at radius 1 is 1.19 bits per heavy atom. The molecule has 1 aromatic carbocycles. The Morgan fingerprint density at radius 2 is 1.90 bits per heavy atom. The molecular weight excluding hydrogens is 296 g/mol. The second kappa shape index (κ2) is 6.94. The number of aryl methyl sites for hydroxylation is 1. The molecule has 1 aromatic heterocycles. The van der Waals surface area contributed by atoms with Crippen LogP contribution in [0.15, 0.2) is 42.6 Å². The summed E-state index contributed by atoms with van der Waals surface area (Å²) < 4.78 is 28.3. The standard InChI is InChI=1S/C14H13F2N3OS/c1-9-6-7-17-12(8-9)19-14(21)18-10-2-4-11(5-3-10)20-13(15)16/h2-8,13H,1H3,(H2,17,18,19,21). The lowest BCUT2D eigenvalue weighted by molar-refractivity contribution is -0.0498. The predicted molar refractivity (Wildman–Crippen MR) is 81.9 cm³/mol. The van der Waals surface area contributed by atoms with E-state index in [-0.39, 0.29) is 5.75 Å². The zero-order chi connectivity index (χ0) is 15.2. The van der Waals surface area contributed by atoms with Crippen LogP contribution in [0.5, 0.6) is 5.75 Å². The van der Waals surface area contributed by atoms with Gasteiger partial charge >= 0.3 is 6.61 Å². The zero-order valence-corrected chi connectivity index (χ0v) is 12.0. The molecule has 0 radical (unpaired) electrons. The summed E-state index contributed by atoms with van der Waals surface area (Å²) >= 11 is 5.15. The average molecular weight is 309 g/mol. The summed E-state index contributed by atoms with van der Waals surface area (Å²) in [5, 5.41) is 6.22. The lowest BCUT2D eigenvalue weighted by Crippen LogP contribution is -2.19. The molecule has 0 saturated heterocycles. The van der Waals surface area contributed by atoms with Gasteiger partial charge in [-0.15, -0.1) is 0 Å². The van der Waals surface area contributed by atoms with Crippen LogP contribution in [-0.2, 0) is 0 Å². The summed E-state index contributed by atoms with van der Waals surface area (Å²) in [5.41, 5.74) is 1.71. The molecule has 0 aliphatic rings. The molecule has 0 saturated carbocycles. The number of nitrogens with one attached hydrogen (secondary N) is 2. The van der Waals surface area contributed by atoms with Crippen molar-refractivity contribution in [3.8, 4) is 5.75 Å². The Balaban J connectivity index is 1.93. The zero-order valence-electron chi connectivity index (χ0n) is 11.1. The number of alkyl halides is 2. The highest BCUT2D eigenvalue weighted by molar-refractivity contribution is 7.80. The first-order chi connectivity index (χ1) is 10.0.